The summed E-state index contributed by atoms with van der Waals surface area (Å²) < 4.78 is 11.1. The van der Waals surface area contributed by atoms with E-state index in [-0.39, 0.29) is 11.9 Å². The SMILES string of the molecule is COC1=CC(Oc2ccc(N3C(=O)NC4(CCC4)C3=O)cn2)=CCC1C. The molecule has 136 valence electrons. The van der Waals surface area contributed by atoms with E-state index in [4.69, 9.17) is 9.47 Å². The molecule has 1 saturated heterocycles. The van der Waals surface area contributed by atoms with Gasteiger partial charge in [0.25, 0.3) is 5.91 Å². The van der Waals surface area contributed by atoms with Crippen molar-refractivity contribution < 1.29 is 19.1 Å². The molecule has 1 saturated carbocycles. The molecule has 0 radical (unpaired) electrons. The highest BCUT2D eigenvalue weighted by molar-refractivity contribution is 6.23. The van der Waals surface area contributed by atoms with E-state index in [2.05, 4.69) is 17.2 Å². The first-order valence-electron chi connectivity index (χ1n) is 8.79. The molecule has 1 atom stereocenters. The highest BCUT2D eigenvalue weighted by Gasteiger charge is 2.55. The molecule has 1 aromatic rings. The lowest BCUT2D eigenvalue weighted by Gasteiger charge is -2.34. The summed E-state index contributed by atoms with van der Waals surface area (Å²) in [7, 11) is 1.64. The van der Waals surface area contributed by atoms with Gasteiger partial charge in [-0.25, -0.2) is 14.7 Å². The number of hydrogen-bond donors (Lipinski definition) is 1. The van der Waals surface area contributed by atoms with Gasteiger partial charge in [0, 0.05) is 18.1 Å². The molecule has 4 rings (SSSR count). The maximum absolute atomic E-state index is 12.6. The molecule has 1 aromatic heterocycles. The molecule has 1 N–H and O–H groups in total. The van der Waals surface area contributed by atoms with E-state index in [1.165, 1.54) is 11.1 Å². The number of rotatable bonds is 4. The fourth-order valence-electron chi connectivity index (χ4n) is 3.49. The van der Waals surface area contributed by atoms with Crippen molar-refractivity contribution >= 4 is 17.6 Å². The molecule has 2 aliphatic carbocycles. The standard InChI is InChI=1S/C19H21N3O4/c1-12-4-6-14(10-15(12)25-2)26-16-7-5-13(11-20-16)22-17(23)19(8-3-9-19)21-18(22)24/h5-7,10-12H,3-4,8-9H2,1-2H3,(H,21,24). The molecule has 7 nitrogen and oxygen atoms in total. The van der Waals surface area contributed by atoms with Gasteiger partial charge < -0.3 is 14.8 Å². The van der Waals surface area contributed by atoms with Crippen LogP contribution in [0.1, 0.15) is 32.6 Å². The fraction of sp³-hybridized carbons (Fsp3) is 0.421. The average Bonchev–Trinajstić information content (AvgIpc) is 2.88. The Morgan fingerprint density at radius 1 is 1.31 bits per heavy atom. The smallest absolute Gasteiger partial charge is 0.329 e. The van der Waals surface area contributed by atoms with Crippen molar-refractivity contribution in [1.29, 1.82) is 0 Å². The monoisotopic (exact) mass is 355 g/mol. The first kappa shape index (κ1) is 16.6. The lowest BCUT2D eigenvalue weighted by molar-refractivity contribution is -0.124. The third-order valence-electron chi connectivity index (χ3n) is 5.25. The zero-order valence-corrected chi connectivity index (χ0v) is 14.8. The number of allylic oxidation sites excluding steroid dienone is 3. The number of urea groups is 1. The third kappa shape index (κ3) is 2.64. The van der Waals surface area contributed by atoms with Crippen LogP contribution in [-0.2, 0) is 9.53 Å². The minimum atomic E-state index is -0.697. The van der Waals surface area contributed by atoms with Crippen molar-refractivity contribution in [2.75, 3.05) is 12.0 Å². The van der Waals surface area contributed by atoms with Crippen LogP contribution in [0.25, 0.3) is 0 Å². The molecule has 7 heteroatoms. The van der Waals surface area contributed by atoms with Crippen molar-refractivity contribution in [2.24, 2.45) is 5.92 Å². The zero-order chi connectivity index (χ0) is 18.3. The van der Waals surface area contributed by atoms with Crippen molar-refractivity contribution in [3.63, 3.8) is 0 Å². The van der Waals surface area contributed by atoms with E-state index >= 15 is 0 Å². The van der Waals surface area contributed by atoms with Crippen LogP contribution >= 0.6 is 0 Å². The number of ether oxygens (including phenoxy) is 2. The summed E-state index contributed by atoms with van der Waals surface area (Å²) in [5.74, 6) is 2.06. The Morgan fingerprint density at radius 3 is 2.69 bits per heavy atom. The number of carbonyl (C=O) groups is 2. The van der Waals surface area contributed by atoms with E-state index in [9.17, 15) is 9.59 Å². The molecule has 0 aromatic carbocycles. The summed E-state index contributed by atoms with van der Waals surface area (Å²) in [5, 5.41) is 2.81. The molecule has 1 unspecified atom stereocenters. The molecule has 3 amide bonds. The number of aromatic nitrogens is 1. The minimum Gasteiger partial charge on any atom is -0.501 e. The topological polar surface area (TPSA) is 80.8 Å². The second-order valence-electron chi connectivity index (χ2n) is 6.96. The normalized spacial score (nSPS) is 23.9. The largest absolute Gasteiger partial charge is 0.501 e. The number of anilines is 1. The van der Waals surface area contributed by atoms with Gasteiger partial charge in [0.05, 0.1) is 19.0 Å². The molecule has 2 heterocycles. The van der Waals surface area contributed by atoms with Crippen molar-refractivity contribution in [3.05, 3.63) is 42.0 Å². The van der Waals surface area contributed by atoms with Crippen molar-refractivity contribution in [2.45, 2.75) is 38.1 Å². The Kier molecular flexibility index (Phi) is 3.94. The van der Waals surface area contributed by atoms with E-state index in [1.807, 2.05) is 12.2 Å². The summed E-state index contributed by atoms with van der Waals surface area (Å²) in [6, 6.07) is 2.94. The molecule has 0 bridgehead atoms. The van der Waals surface area contributed by atoms with Gasteiger partial charge in [0.1, 0.15) is 17.1 Å². The Hall–Kier alpha value is -2.83. The van der Waals surface area contributed by atoms with Gasteiger partial charge in [-0.2, -0.15) is 0 Å². The number of pyridine rings is 1. The van der Waals surface area contributed by atoms with E-state index in [0.717, 1.165) is 18.6 Å². The lowest BCUT2D eigenvalue weighted by atomic mass is 9.77. The predicted molar refractivity (Wildman–Crippen MR) is 94.4 cm³/mol. The lowest BCUT2D eigenvalue weighted by Crippen LogP contribution is -2.52. The van der Waals surface area contributed by atoms with Crippen LogP contribution in [0.15, 0.2) is 42.0 Å². The Balaban J connectivity index is 1.49. The summed E-state index contributed by atoms with van der Waals surface area (Å²) in [6.45, 7) is 2.09. The quantitative estimate of drug-likeness (QED) is 0.840. The maximum Gasteiger partial charge on any atom is 0.329 e. The highest BCUT2D eigenvalue weighted by atomic mass is 16.5. The number of hydrogen-bond acceptors (Lipinski definition) is 5. The summed E-state index contributed by atoms with van der Waals surface area (Å²) >= 11 is 0. The average molecular weight is 355 g/mol. The Morgan fingerprint density at radius 2 is 2.12 bits per heavy atom. The van der Waals surface area contributed by atoms with E-state index in [0.29, 0.717) is 36.1 Å². The Bertz CT molecular complexity index is 809. The summed E-state index contributed by atoms with van der Waals surface area (Å²) in [5.41, 5.74) is -0.250. The summed E-state index contributed by atoms with van der Waals surface area (Å²) in [6.07, 6.45) is 8.50. The first-order chi connectivity index (χ1) is 12.5. The molecular formula is C19H21N3O4. The molecular weight excluding hydrogens is 334 g/mol. The molecule has 1 aliphatic heterocycles. The van der Waals surface area contributed by atoms with Crippen LogP contribution in [0.5, 0.6) is 5.88 Å². The third-order valence-corrected chi connectivity index (χ3v) is 5.25. The minimum absolute atomic E-state index is 0.194. The number of imide groups is 1. The van der Waals surface area contributed by atoms with Gasteiger partial charge in [-0.3, -0.25) is 4.79 Å². The number of amides is 3. The molecule has 1 spiro atoms. The van der Waals surface area contributed by atoms with Gasteiger partial charge in [0.2, 0.25) is 5.88 Å². The highest BCUT2D eigenvalue weighted by Crippen LogP contribution is 2.39. The van der Waals surface area contributed by atoms with Crippen LogP contribution in [0.2, 0.25) is 0 Å². The van der Waals surface area contributed by atoms with Gasteiger partial charge >= 0.3 is 6.03 Å². The fourth-order valence-corrected chi connectivity index (χ4v) is 3.49. The zero-order valence-electron chi connectivity index (χ0n) is 14.8. The maximum atomic E-state index is 12.6. The van der Waals surface area contributed by atoms with Gasteiger partial charge in [-0.1, -0.05) is 6.92 Å². The van der Waals surface area contributed by atoms with Crippen LogP contribution in [0, 0.1) is 5.92 Å². The van der Waals surface area contributed by atoms with Crippen LogP contribution in [-0.4, -0.2) is 29.6 Å². The number of nitrogens with one attached hydrogen (secondary N) is 1. The van der Waals surface area contributed by atoms with Crippen molar-refractivity contribution in [1.82, 2.24) is 10.3 Å². The van der Waals surface area contributed by atoms with Gasteiger partial charge in [-0.15, -0.1) is 0 Å². The first-order valence-corrected chi connectivity index (χ1v) is 8.79. The predicted octanol–water partition coefficient (Wildman–Crippen LogP) is 2.89. The number of methoxy groups -OCH3 is 1. The van der Waals surface area contributed by atoms with Crippen LogP contribution in [0.3, 0.4) is 0 Å². The number of nitrogens with zero attached hydrogens (tertiary/aromatic N) is 2. The van der Waals surface area contributed by atoms with E-state index in [1.54, 1.807) is 19.2 Å². The number of carbonyl (C=O) groups excluding carboxylic acids is 2. The van der Waals surface area contributed by atoms with Gasteiger partial charge in [0.15, 0.2) is 0 Å². The van der Waals surface area contributed by atoms with E-state index < -0.39 is 5.54 Å². The molecule has 2 fully saturated rings. The second kappa shape index (κ2) is 6.16. The molecule has 3 aliphatic rings. The van der Waals surface area contributed by atoms with Crippen LogP contribution in [0.4, 0.5) is 10.5 Å². The van der Waals surface area contributed by atoms with Crippen molar-refractivity contribution in [3.8, 4) is 5.88 Å². The Labute approximate surface area is 151 Å². The molecule has 26 heavy (non-hydrogen) atoms. The van der Waals surface area contributed by atoms with Crippen LogP contribution < -0.4 is 15.0 Å². The second-order valence-corrected chi connectivity index (χ2v) is 6.96. The van der Waals surface area contributed by atoms with Gasteiger partial charge in [-0.05, 0) is 37.8 Å². The summed E-state index contributed by atoms with van der Waals surface area (Å²) in [4.78, 5) is 30.2.